The van der Waals surface area contributed by atoms with Gasteiger partial charge in [0.05, 0.1) is 29.4 Å². The number of amides is 1. The molecule has 42 heavy (non-hydrogen) atoms. The molecule has 2 aromatic heterocycles. The Morgan fingerprint density at radius 3 is 2.69 bits per heavy atom. The van der Waals surface area contributed by atoms with Crippen molar-refractivity contribution < 1.29 is 22.7 Å². The number of carbonyl (C=O) groups is 1. The molecule has 5 rings (SSSR count). The number of benzene rings is 2. The molecule has 1 aliphatic heterocycles. The average Bonchev–Trinajstić information content (AvgIpc) is 3.43. The van der Waals surface area contributed by atoms with Gasteiger partial charge in [-0.15, -0.1) is 0 Å². The van der Waals surface area contributed by atoms with Crippen molar-refractivity contribution in [2.45, 2.75) is 13.1 Å². The van der Waals surface area contributed by atoms with Crippen LogP contribution in [0.3, 0.4) is 0 Å². The van der Waals surface area contributed by atoms with E-state index in [4.69, 9.17) is 16.3 Å². The number of hydrogen-bond acceptors (Lipinski definition) is 8. The highest BCUT2D eigenvalue weighted by molar-refractivity contribution is 6.35. The Morgan fingerprint density at radius 1 is 1.10 bits per heavy atom. The van der Waals surface area contributed by atoms with Crippen molar-refractivity contribution in [1.29, 1.82) is 0 Å². The molecule has 14 heteroatoms. The monoisotopic (exact) mass is 600 g/mol. The quantitative estimate of drug-likeness (QED) is 0.235. The van der Waals surface area contributed by atoms with E-state index in [2.05, 4.69) is 35.8 Å². The van der Waals surface area contributed by atoms with E-state index >= 15 is 0 Å². The Morgan fingerprint density at radius 2 is 1.90 bits per heavy atom. The van der Waals surface area contributed by atoms with E-state index in [9.17, 15) is 18.0 Å². The lowest BCUT2D eigenvalue weighted by Gasteiger charge is -2.26. The molecule has 1 fully saturated rings. The van der Waals surface area contributed by atoms with Crippen LogP contribution in [0.4, 0.5) is 36.3 Å². The Bertz CT molecular complexity index is 1560. The van der Waals surface area contributed by atoms with Crippen LogP contribution in [0, 0.1) is 6.92 Å². The number of imidazole rings is 1. The van der Waals surface area contributed by atoms with Gasteiger partial charge >= 0.3 is 6.18 Å². The number of rotatable bonds is 9. The first-order chi connectivity index (χ1) is 20.2. The number of ether oxygens (including phenoxy) is 1. The lowest BCUT2D eigenvalue weighted by molar-refractivity contribution is -0.137. The van der Waals surface area contributed by atoms with Gasteiger partial charge in [-0.2, -0.15) is 13.2 Å². The molecule has 4 aromatic rings. The van der Waals surface area contributed by atoms with Gasteiger partial charge < -0.3 is 20.7 Å². The molecule has 0 aliphatic carbocycles. The molecular formula is C28H28ClF3N8O2. The van der Waals surface area contributed by atoms with Crippen LogP contribution in [0.25, 0.3) is 5.82 Å². The molecule has 3 heterocycles. The molecule has 0 saturated carbocycles. The van der Waals surface area contributed by atoms with E-state index in [0.29, 0.717) is 29.0 Å². The zero-order chi connectivity index (χ0) is 29.7. The van der Waals surface area contributed by atoms with Crippen LogP contribution in [0.2, 0.25) is 5.02 Å². The number of anilines is 4. The topological polar surface area (TPSA) is 109 Å². The molecule has 3 N–H and O–H groups in total. The van der Waals surface area contributed by atoms with E-state index in [0.717, 1.165) is 57.1 Å². The van der Waals surface area contributed by atoms with Gasteiger partial charge in [0.15, 0.2) is 0 Å². The summed E-state index contributed by atoms with van der Waals surface area (Å²) in [5, 5.41) is 8.54. The number of alkyl halides is 3. The van der Waals surface area contributed by atoms with Crippen molar-refractivity contribution in [3.05, 3.63) is 82.9 Å². The molecule has 0 spiro atoms. The Balaban J connectivity index is 1.28. The molecule has 0 atom stereocenters. The summed E-state index contributed by atoms with van der Waals surface area (Å²) in [5.74, 6) is 0.944. The third kappa shape index (κ3) is 6.98. The number of morpholine rings is 1. The molecular weight excluding hydrogens is 573 g/mol. The van der Waals surface area contributed by atoms with Crippen molar-refractivity contribution in [3.63, 3.8) is 0 Å². The molecule has 1 aliphatic rings. The fourth-order valence-corrected chi connectivity index (χ4v) is 4.72. The maximum absolute atomic E-state index is 13.2. The summed E-state index contributed by atoms with van der Waals surface area (Å²) >= 11 is 5.93. The second kappa shape index (κ2) is 12.8. The van der Waals surface area contributed by atoms with Gasteiger partial charge in [0.2, 0.25) is 5.95 Å². The van der Waals surface area contributed by atoms with Crippen molar-refractivity contribution in [1.82, 2.24) is 24.4 Å². The number of aryl methyl sites for hydroxylation is 1. The third-order valence-electron chi connectivity index (χ3n) is 6.67. The largest absolute Gasteiger partial charge is 0.417 e. The Kier molecular flexibility index (Phi) is 8.90. The molecule has 2 aromatic carbocycles. The minimum absolute atomic E-state index is 0.282. The summed E-state index contributed by atoms with van der Waals surface area (Å²) in [6.45, 7) is 6.75. The predicted octanol–water partition coefficient (Wildman–Crippen LogP) is 5.38. The van der Waals surface area contributed by atoms with Crippen LogP contribution in [0.1, 0.15) is 21.5 Å². The lowest BCUT2D eigenvalue weighted by atomic mass is 10.1. The van der Waals surface area contributed by atoms with Gasteiger partial charge in [0, 0.05) is 56.0 Å². The van der Waals surface area contributed by atoms with Gasteiger partial charge in [-0.1, -0.05) is 23.7 Å². The van der Waals surface area contributed by atoms with E-state index in [1.165, 1.54) is 12.4 Å². The second-order valence-electron chi connectivity index (χ2n) is 9.54. The first-order valence-electron chi connectivity index (χ1n) is 13.1. The SMILES string of the molecule is Cc1ccc(NC(=O)c2cccc(C(F)(F)F)c2Cl)cc1Nc1nccn1-c1cc(NCCN2CCOCC2)ncn1. The van der Waals surface area contributed by atoms with E-state index in [1.54, 1.807) is 35.2 Å². The highest BCUT2D eigenvalue weighted by atomic mass is 35.5. The van der Waals surface area contributed by atoms with Crippen molar-refractivity contribution in [3.8, 4) is 5.82 Å². The van der Waals surface area contributed by atoms with Gasteiger partial charge in [0.25, 0.3) is 5.91 Å². The molecule has 10 nitrogen and oxygen atoms in total. The Hall–Kier alpha value is -4.20. The maximum Gasteiger partial charge on any atom is 0.417 e. The van der Waals surface area contributed by atoms with Crippen LogP contribution < -0.4 is 16.0 Å². The van der Waals surface area contributed by atoms with Crippen LogP contribution in [0.5, 0.6) is 0 Å². The molecule has 220 valence electrons. The van der Waals surface area contributed by atoms with Gasteiger partial charge in [-0.3, -0.25) is 14.3 Å². The van der Waals surface area contributed by atoms with E-state index < -0.39 is 22.7 Å². The first kappa shape index (κ1) is 29.3. The molecule has 0 bridgehead atoms. The van der Waals surface area contributed by atoms with E-state index in [1.807, 2.05) is 13.0 Å². The fraction of sp³-hybridized carbons (Fsp3) is 0.286. The first-order valence-corrected chi connectivity index (χ1v) is 13.5. The lowest BCUT2D eigenvalue weighted by Crippen LogP contribution is -2.39. The molecule has 0 radical (unpaired) electrons. The average molecular weight is 601 g/mol. The second-order valence-corrected chi connectivity index (χ2v) is 9.91. The molecule has 1 saturated heterocycles. The van der Waals surface area contributed by atoms with Gasteiger partial charge in [0.1, 0.15) is 18.0 Å². The fourth-order valence-electron chi connectivity index (χ4n) is 4.40. The van der Waals surface area contributed by atoms with Crippen molar-refractivity contribution in [2.75, 3.05) is 55.3 Å². The Labute approximate surface area is 244 Å². The predicted molar refractivity (Wildman–Crippen MR) is 154 cm³/mol. The van der Waals surface area contributed by atoms with Crippen molar-refractivity contribution >= 4 is 40.6 Å². The number of halogens is 4. The summed E-state index contributed by atoms with van der Waals surface area (Å²) < 4.78 is 46.9. The minimum atomic E-state index is -4.68. The summed E-state index contributed by atoms with van der Waals surface area (Å²) in [6, 6.07) is 10.1. The molecule has 0 unspecified atom stereocenters. The zero-order valence-corrected chi connectivity index (χ0v) is 23.3. The van der Waals surface area contributed by atoms with Crippen LogP contribution >= 0.6 is 11.6 Å². The summed E-state index contributed by atoms with van der Waals surface area (Å²) in [4.78, 5) is 28.3. The van der Waals surface area contributed by atoms with Crippen molar-refractivity contribution in [2.24, 2.45) is 0 Å². The summed E-state index contributed by atoms with van der Waals surface area (Å²) in [6.07, 6.45) is 0.154. The normalized spacial score (nSPS) is 14.0. The van der Waals surface area contributed by atoms with Crippen LogP contribution in [0.15, 0.2) is 61.2 Å². The highest BCUT2D eigenvalue weighted by Crippen LogP contribution is 2.36. The van der Waals surface area contributed by atoms with E-state index in [-0.39, 0.29) is 5.56 Å². The van der Waals surface area contributed by atoms with Gasteiger partial charge in [-0.05, 0) is 36.8 Å². The number of carbonyl (C=O) groups excluding carboxylic acids is 1. The zero-order valence-electron chi connectivity index (χ0n) is 22.6. The number of nitrogens with one attached hydrogen (secondary N) is 3. The van der Waals surface area contributed by atoms with Crippen LogP contribution in [-0.2, 0) is 10.9 Å². The number of aromatic nitrogens is 4. The highest BCUT2D eigenvalue weighted by Gasteiger charge is 2.34. The smallest absolute Gasteiger partial charge is 0.379 e. The summed E-state index contributed by atoms with van der Waals surface area (Å²) in [7, 11) is 0. The summed E-state index contributed by atoms with van der Waals surface area (Å²) in [5.41, 5.74) is 0.458. The third-order valence-corrected chi connectivity index (χ3v) is 7.08. The maximum atomic E-state index is 13.2. The molecule has 1 amide bonds. The standard InChI is InChI=1S/C28H28ClF3N8O2/c1-18-5-6-19(37-26(41)20-3-2-4-21(25(20)29)28(30,31)32)15-22(18)38-27-34-8-10-40(27)24-16-23(35-17-36-24)33-7-9-39-11-13-42-14-12-39/h2-6,8,10,15-17H,7,9,11-14H2,1H3,(H,34,38)(H,37,41)(H,33,35,36). The van der Waals surface area contributed by atoms with Gasteiger partial charge in [-0.25, -0.2) is 15.0 Å². The number of hydrogen-bond donors (Lipinski definition) is 3. The number of nitrogens with zero attached hydrogens (tertiary/aromatic N) is 5. The minimum Gasteiger partial charge on any atom is -0.379 e. The van der Waals surface area contributed by atoms with Crippen LogP contribution in [-0.4, -0.2) is 69.7 Å².